The fraction of sp³-hybridized carbons (Fsp3) is 0.533. The van der Waals surface area contributed by atoms with E-state index in [4.69, 9.17) is 9.47 Å². The van der Waals surface area contributed by atoms with Gasteiger partial charge in [-0.2, -0.15) is 0 Å². The molecule has 34 heavy (non-hydrogen) atoms. The van der Waals surface area contributed by atoms with Gasteiger partial charge in [-0.05, 0) is 24.0 Å². The molecule has 2 aromatic rings. The van der Waals surface area contributed by atoms with Gasteiger partial charge in [0.25, 0.3) is 0 Å². The lowest BCUT2D eigenvalue weighted by molar-refractivity contribution is -0.146. The number of carbonyl (C=O) groups is 2. The lowest BCUT2D eigenvalue weighted by atomic mass is 9.85. The van der Waals surface area contributed by atoms with Gasteiger partial charge in [0.15, 0.2) is 0 Å². The first-order valence-corrected chi connectivity index (χ1v) is 12.8. The van der Waals surface area contributed by atoms with Gasteiger partial charge in [-0.1, -0.05) is 88.4 Å². The topological polar surface area (TPSA) is 52.6 Å². The van der Waals surface area contributed by atoms with E-state index in [9.17, 15) is 9.59 Å². The van der Waals surface area contributed by atoms with E-state index in [1.54, 1.807) is 0 Å². The highest BCUT2D eigenvalue weighted by Gasteiger charge is 2.51. The normalized spacial score (nSPS) is 40.6. The molecule has 0 amide bonds. The second-order valence-electron chi connectivity index (χ2n) is 10.7. The van der Waals surface area contributed by atoms with E-state index >= 15 is 0 Å². The Kier molecular flexibility index (Phi) is 6.47. The molecule has 4 bridgehead atoms. The molecule has 4 nitrogen and oxygen atoms in total. The van der Waals surface area contributed by atoms with Crippen LogP contribution in [-0.2, 0) is 19.1 Å². The average molecular weight is 461 g/mol. The van der Waals surface area contributed by atoms with Crippen molar-refractivity contribution in [3.63, 3.8) is 0 Å². The maximum absolute atomic E-state index is 12.1. The van der Waals surface area contributed by atoms with Crippen molar-refractivity contribution in [2.75, 3.05) is 0 Å². The standard InChI is InChI=1S/2C15H18O2/c2*1-9-13-8-12(11-6-4-3-5-7-11)15(17-13)10(2)14(9)16/h2*3-7,9-10,12-13,15H,8H2,1-2H3/t2*9-,10-,12+,13+,15+/m00/s1. The van der Waals surface area contributed by atoms with E-state index in [1.807, 2.05) is 39.8 Å². The van der Waals surface area contributed by atoms with Crippen molar-refractivity contribution in [2.45, 2.75) is 76.8 Å². The van der Waals surface area contributed by atoms with Crippen LogP contribution in [0, 0.1) is 23.7 Å². The molecule has 4 saturated heterocycles. The lowest BCUT2D eigenvalue weighted by Crippen LogP contribution is -2.41. The van der Waals surface area contributed by atoms with Gasteiger partial charge >= 0.3 is 0 Å². The molecule has 180 valence electrons. The third-order valence-electron chi connectivity index (χ3n) is 8.78. The van der Waals surface area contributed by atoms with Gasteiger partial charge in [0.05, 0.1) is 24.4 Å². The first-order chi connectivity index (χ1) is 16.4. The first-order valence-electron chi connectivity index (χ1n) is 12.8. The van der Waals surface area contributed by atoms with Gasteiger partial charge in [0, 0.05) is 35.5 Å². The van der Waals surface area contributed by atoms with Crippen molar-refractivity contribution in [1.82, 2.24) is 0 Å². The minimum Gasteiger partial charge on any atom is -0.373 e. The molecule has 0 aliphatic carbocycles. The number of ether oxygens (including phenoxy) is 2. The third kappa shape index (κ3) is 4.05. The number of hydrogen-bond acceptors (Lipinski definition) is 4. The maximum Gasteiger partial charge on any atom is 0.143 e. The quantitative estimate of drug-likeness (QED) is 0.588. The number of ketones is 2. The van der Waals surface area contributed by atoms with Gasteiger partial charge in [0.2, 0.25) is 0 Å². The Labute approximate surface area is 203 Å². The Hall–Kier alpha value is -2.30. The zero-order valence-electron chi connectivity index (χ0n) is 20.6. The molecule has 4 fully saturated rings. The molecule has 2 aromatic carbocycles. The molecule has 0 aromatic heterocycles. The minimum atomic E-state index is 0.0361. The molecule has 10 atom stereocenters. The predicted octanol–water partition coefficient (Wildman–Crippen LogP) is 5.57. The van der Waals surface area contributed by atoms with Crippen LogP contribution < -0.4 is 0 Å². The number of Topliss-reactive ketones (excluding diaryl/α,β-unsaturated/α-hetero) is 2. The van der Waals surface area contributed by atoms with E-state index in [-0.39, 0.29) is 48.1 Å². The molecule has 6 rings (SSSR count). The summed E-state index contributed by atoms with van der Waals surface area (Å²) in [7, 11) is 0. The number of fused-ring (bicyclic) bond motifs is 4. The molecular formula is C30H36O4. The van der Waals surface area contributed by atoms with Gasteiger partial charge in [-0.3, -0.25) is 9.59 Å². The van der Waals surface area contributed by atoms with Crippen LogP contribution in [0.15, 0.2) is 60.7 Å². The van der Waals surface area contributed by atoms with E-state index in [0.717, 1.165) is 12.8 Å². The SMILES string of the molecule is C[C@@H]1C(=O)[C@H](C)[C@H]2O[C@@H]1C[C@@H]2c1ccccc1.C[C@@H]1C(=O)[C@H](C)[C@H]2O[C@@H]1C[C@@H]2c1ccccc1. The summed E-state index contributed by atoms with van der Waals surface area (Å²) in [5, 5.41) is 0. The second kappa shape index (κ2) is 9.39. The number of carbonyl (C=O) groups excluding carboxylic acids is 2. The van der Waals surface area contributed by atoms with Crippen LogP contribution in [0.5, 0.6) is 0 Å². The highest BCUT2D eigenvalue weighted by molar-refractivity contribution is 5.85. The average Bonchev–Trinajstić information content (AvgIpc) is 3.48. The van der Waals surface area contributed by atoms with E-state index in [0.29, 0.717) is 23.4 Å². The summed E-state index contributed by atoms with van der Waals surface area (Å²) in [5.74, 6) is 1.75. The van der Waals surface area contributed by atoms with E-state index in [2.05, 4.69) is 48.5 Å². The van der Waals surface area contributed by atoms with Crippen molar-refractivity contribution in [3.05, 3.63) is 71.8 Å². The fourth-order valence-electron chi connectivity index (χ4n) is 6.62. The predicted molar refractivity (Wildman–Crippen MR) is 132 cm³/mol. The molecule has 4 aliphatic heterocycles. The van der Waals surface area contributed by atoms with Crippen LogP contribution in [0.25, 0.3) is 0 Å². The molecule has 0 unspecified atom stereocenters. The molecular weight excluding hydrogens is 424 g/mol. The number of benzene rings is 2. The summed E-state index contributed by atoms with van der Waals surface area (Å²) >= 11 is 0. The summed E-state index contributed by atoms with van der Waals surface area (Å²) in [6.45, 7) is 8.04. The van der Waals surface area contributed by atoms with Gasteiger partial charge in [-0.15, -0.1) is 0 Å². The molecule has 0 radical (unpaired) electrons. The van der Waals surface area contributed by atoms with Crippen LogP contribution in [0.1, 0.15) is 63.5 Å². The van der Waals surface area contributed by atoms with Gasteiger partial charge in [-0.25, -0.2) is 0 Å². The molecule has 4 heterocycles. The zero-order valence-corrected chi connectivity index (χ0v) is 20.6. The van der Waals surface area contributed by atoms with Crippen LogP contribution in [0.2, 0.25) is 0 Å². The largest absolute Gasteiger partial charge is 0.373 e. The molecule has 0 saturated carbocycles. The Balaban J connectivity index is 0.000000142. The van der Waals surface area contributed by atoms with Gasteiger partial charge < -0.3 is 9.47 Å². The van der Waals surface area contributed by atoms with E-state index in [1.165, 1.54) is 11.1 Å². The van der Waals surface area contributed by atoms with Crippen molar-refractivity contribution in [2.24, 2.45) is 23.7 Å². The van der Waals surface area contributed by atoms with Crippen molar-refractivity contribution >= 4 is 11.6 Å². The first kappa shape index (κ1) is 23.4. The number of hydrogen-bond donors (Lipinski definition) is 0. The van der Waals surface area contributed by atoms with Gasteiger partial charge in [0.1, 0.15) is 11.6 Å². The summed E-state index contributed by atoms with van der Waals surface area (Å²) in [5.41, 5.74) is 2.63. The molecule has 0 spiro atoms. The maximum atomic E-state index is 12.1. The highest BCUT2D eigenvalue weighted by Crippen LogP contribution is 2.47. The van der Waals surface area contributed by atoms with Crippen LogP contribution in [-0.4, -0.2) is 36.0 Å². The fourth-order valence-corrected chi connectivity index (χ4v) is 6.62. The zero-order chi connectivity index (χ0) is 24.0. The Morgan fingerprint density at radius 3 is 1.26 bits per heavy atom. The van der Waals surface area contributed by atoms with Crippen molar-refractivity contribution < 1.29 is 19.1 Å². The Morgan fingerprint density at radius 2 is 0.912 bits per heavy atom. The van der Waals surface area contributed by atoms with Crippen LogP contribution in [0.3, 0.4) is 0 Å². The summed E-state index contributed by atoms with van der Waals surface area (Å²) in [6, 6.07) is 20.9. The molecule has 4 aliphatic rings. The summed E-state index contributed by atoms with van der Waals surface area (Å²) < 4.78 is 12.1. The third-order valence-corrected chi connectivity index (χ3v) is 8.78. The summed E-state index contributed by atoms with van der Waals surface area (Å²) in [6.07, 6.45) is 2.43. The molecule has 4 heteroatoms. The second-order valence-corrected chi connectivity index (χ2v) is 10.7. The highest BCUT2D eigenvalue weighted by atomic mass is 16.5. The summed E-state index contributed by atoms with van der Waals surface area (Å²) in [4.78, 5) is 24.2. The smallest absolute Gasteiger partial charge is 0.143 e. The number of rotatable bonds is 2. The van der Waals surface area contributed by atoms with E-state index < -0.39 is 0 Å². The monoisotopic (exact) mass is 460 g/mol. The Morgan fingerprint density at radius 1 is 0.559 bits per heavy atom. The minimum absolute atomic E-state index is 0.0361. The van der Waals surface area contributed by atoms with Crippen LogP contribution in [0.4, 0.5) is 0 Å². The Bertz CT molecular complexity index is 935. The lowest BCUT2D eigenvalue weighted by Gasteiger charge is -2.31. The van der Waals surface area contributed by atoms with Crippen LogP contribution >= 0.6 is 0 Å². The van der Waals surface area contributed by atoms with Crippen molar-refractivity contribution in [3.8, 4) is 0 Å². The van der Waals surface area contributed by atoms with Crippen molar-refractivity contribution in [1.29, 1.82) is 0 Å². The molecule has 0 N–H and O–H groups in total.